The van der Waals surface area contributed by atoms with Gasteiger partial charge >= 0.3 is 11.9 Å². The maximum Gasteiger partial charge on any atom is 0.308 e. The summed E-state index contributed by atoms with van der Waals surface area (Å²) < 4.78 is 22.3. The normalized spacial score (nSPS) is 33.1. The number of carbonyl (C=O) groups is 2. The Balaban J connectivity index is 1.88. The van der Waals surface area contributed by atoms with E-state index in [1.165, 1.54) is 14.0 Å². The van der Waals surface area contributed by atoms with Gasteiger partial charge in [-0.05, 0) is 64.4 Å². The van der Waals surface area contributed by atoms with E-state index < -0.39 is 0 Å². The first kappa shape index (κ1) is 29.3. The lowest BCUT2D eigenvalue weighted by molar-refractivity contribution is -0.147. The molecule has 2 fully saturated rings. The minimum Gasteiger partial charge on any atom is -0.469 e. The Morgan fingerprint density at radius 2 is 1.86 bits per heavy atom. The highest BCUT2D eigenvalue weighted by atomic mass is 16.5. The molecule has 8 atom stereocenters. The third kappa shape index (κ3) is 10.3. The molecule has 7 nitrogen and oxygen atoms in total. The van der Waals surface area contributed by atoms with Gasteiger partial charge in [0.05, 0.1) is 37.9 Å². The molecule has 1 N–H and O–H groups in total. The molecule has 0 aromatic rings. The monoisotopic (exact) mass is 492 g/mol. The second-order valence-electron chi connectivity index (χ2n) is 10.1. The van der Waals surface area contributed by atoms with Crippen molar-refractivity contribution in [1.29, 1.82) is 0 Å². The summed E-state index contributed by atoms with van der Waals surface area (Å²) in [6.45, 7) is 9.76. The minimum atomic E-state index is -0.292. The summed E-state index contributed by atoms with van der Waals surface area (Å²) in [6.07, 6.45) is 13.5. The maximum absolute atomic E-state index is 11.6. The molecule has 0 aliphatic carbocycles. The second-order valence-corrected chi connectivity index (χ2v) is 10.1. The number of rotatable bonds is 10. The molecule has 0 radical (unpaired) electrons. The van der Waals surface area contributed by atoms with E-state index in [4.69, 9.17) is 18.9 Å². The average molecular weight is 493 g/mol. The van der Waals surface area contributed by atoms with Gasteiger partial charge in [-0.2, -0.15) is 0 Å². The third-order valence-electron chi connectivity index (χ3n) is 6.91. The number of aliphatic hydroxyl groups excluding tert-OH is 1. The van der Waals surface area contributed by atoms with Crippen molar-refractivity contribution in [1.82, 2.24) is 0 Å². The van der Waals surface area contributed by atoms with E-state index >= 15 is 0 Å². The van der Waals surface area contributed by atoms with E-state index in [0.29, 0.717) is 18.3 Å². The van der Waals surface area contributed by atoms with Crippen LogP contribution >= 0.6 is 0 Å². The molecular weight excluding hydrogens is 448 g/mol. The number of allylic oxidation sites excluding steroid dienone is 2. The predicted octanol–water partition coefficient (Wildman–Crippen LogP) is 4.54. The van der Waals surface area contributed by atoms with E-state index in [0.717, 1.165) is 24.8 Å². The van der Waals surface area contributed by atoms with Gasteiger partial charge in [-0.15, -0.1) is 0 Å². The quantitative estimate of drug-likeness (QED) is 0.272. The summed E-state index contributed by atoms with van der Waals surface area (Å²) in [7, 11) is 1.38. The number of esters is 2. The zero-order chi connectivity index (χ0) is 26.0. The molecule has 198 valence electrons. The fourth-order valence-corrected chi connectivity index (χ4v) is 4.86. The van der Waals surface area contributed by atoms with Crippen molar-refractivity contribution in [3.63, 3.8) is 0 Å². The highest BCUT2D eigenvalue weighted by Gasteiger charge is 2.32. The van der Waals surface area contributed by atoms with Gasteiger partial charge in [-0.1, -0.05) is 36.8 Å². The summed E-state index contributed by atoms with van der Waals surface area (Å²) >= 11 is 0. The van der Waals surface area contributed by atoms with Crippen molar-refractivity contribution < 1.29 is 33.6 Å². The molecule has 0 saturated carbocycles. The Hall–Kier alpha value is -1.96. The van der Waals surface area contributed by atoms with E-state index in [-0.39, 0.29) is 61.4 Å². The highest BCUT2D eigenvalue weighted by molar-refractivity contribution is 5.69. The molecule has 35 heavy (non-hydrogen) atoms. The van der Waals surface area contributed by atoms with Gasteiger partial charge in [0.25, 0.3) is 0 Å². The van der Waals surface area contributed by atoms with Gasteiger partial charge in [0.2, 0.25) is 0 Å². The van der Waals surface area contributed by atoms with E-state index in [1.54, 1.807) is 0 Å². The van der Waals surface area contributed by atoms with Crippen LogP contribution in [0.15, 0.2) is 36.0 Å². The van der Waals surface area contributed by atoms with Gasteiger partial charge < -0.3 is 24.1 Å². The first-order chi connectivity index (χ1) is 16.6. The van der Waals surface area contributed by atoms with E-state index in [1.807, 2.05) is 19.1 Å². The summed E-state index contributed by atoms with van der Waals surface area (Å²) in [5.74, 6) is 0.257. The largest absolute Gasteiger partial charge is 0.469 e. The number of hydrogen-bond acceptors (Lipinski definition) is 7. The van der Waals surface area contributed by atoms with Crippen molar-refractivity contribution in [3.8, 4) is 0 Å². The number of methoxy groups -OCH3 is 1. The summed E-state index contributed by atoms with van der Waals surface area (Å²) in [5.41, 5.74) is 1.13. The lowest BCUT2D eigenvalue weighted by Crippen LogP contribution is -2.37. The third-order valence-corrected chi connectivity index (χ3v) is 6.91. The van der Waals surface area contributed by atoms with Crippen LogP contribution in [0.4, 0.5) is 0 Å². The Labute approximate surface area is 210 Å². The fraction of sp³-hybridized carbons (Fsp3) is 0.714. The molecule has 7 heteroatoms. The summed E-state index contributed by atoms with van der Waals surface area (Å²) in [4.78, 5) is 22.7. The van der Waals surface area contributed by atoms with Crippen LogP contribution in [0.5, 0.6) is 0 Å². The van der Waals surface area contributed by atoms with Crippen molar-refractivity contribution in [2.24, 2.45) is 17.8 Å². The molecule has 2 heterocycles. The topological polar surface area (TPSA) is 91.3 Å². The molecule has 2 rings (SSSR count). The zero-order valence-electron chi connectivity index (χ0n) is 22.1. The molecule has 2 saturated heterocycles. The Kier molecular flexibility index (Phi) is 12.2. The number of aliphatic hydroxyl groups is 1. The van der Waals surface area contributed by atoms with Gasteiger partial charge in [0.1, 0.15) is 6.10 Å². The van der Waals surface area contributed by atoms with Crippen molar-refractivity contribution in [2.75, 3.05) is 13.7 Å². The molecule has 0 aromatic heterocycles. The zero-order valence-corrected chi connectivity index (χ0v) is 22.1. The number of ether oxygens (including phenoxy) is 4. The second kappa shape index (κ2) is 14.6. The molecule has 0 aromatic carbocycles. The highest BCUT2D eigenvalue weighted by Crippen LogP contribution is 2.33. The fourth-order valence-electron chi connectivity index (χ4n) is 4.86. The summed E-state index contributed by atoms with van der Waals surface area (Å²) in [5, 5.41) is 9.64. The van der Waals surface area contributed by atoms with Gasteiger partial charge in [-0.25, -0.2) is 0 Å². The maximum atomic E-state index is 11.6. The Bertz CT molecular complexity index is 771. The van der Waals surface area contributed by atoms with Crippen molar-refractivity contribution in [2.45, 2.75) is 97.2 Å². The number of hydrogen-bond donors (Lipinski definition) is 1. The van der Waals surface area contributed by atoms with E-state index in [9.17, 15) is 14.7 Å². The first-order valence-electron chi connectivity index (χ1n) is 12.8. The van der Waals surface area contributed by atoms with Gasteiger partial charge in [0, 0.05) is 19.4 Å². The van der Waals surface area contributed by atoms with Crippen LogP contribution in [0.25, 0.3) is 0 Å². The first-order valence-corrected chi connectivity index (χ1v) is 12.8. The van der Waals surface area contributed by atoms with E-state index in [2.05, 4.69) is 39.0 Å². The predicted molar refractivity (Wildman–Crippen MR) is 135 cm³/mol. The molecule has 2 aliphatic rings. The lowest BCUT2D eigenvalue weighted by Gasteiger charge is -2.38. The van der Waals surface area contributed by atoms with Crippen LogP contribution < -0.4 is 0 Å². The molecule has 0 amide bonds. The van der Waals surface area contributed by atoms with Crippen LogP contribution in [-0.4, -0.2) is 61.3 Å². The van der Waals surface area contributed by atoms with Crippen LogP contribution in [0.3, 0.4) is 0 Å². The standard InChI is InChI=1S/C28H44O7/c1-18(7-11-25-14-23(17-29)15-26(35-25)16-28(31)32-6)8-12-27-19(2)13-24(21(4)34-27)10-9-20(3)33-22(5)30/h7-11,19-21,23-27,29H,12-17H2,1-6H3/b10-9-,11-7+,18-8+/t19?,20?,21?,23?,24?,25?,26-,27?/m0/s1. The Morgan fingerprint density at radius 1 is 1.11 bits per heavy atom. The van der Waals surface area contributed by atoms with Gasteiger partial charge in [0.15, 0.2) is 0 Å². The summed E-state index contributed by atoms with van der Waals surface area (Å²) in [6, 6.07) is 0. The molecule has 0 spiro atoms. The Morgan fingerprint density at radius 3 is 2.51 bits per heavy atom. The van der Waals surface area contributed by atoms with Crippen molar-refractivity contribution >= 4 is 11.9 Å². The lowest BCUT2D eigenvalue weighted by atomic mass is 9.83. The minimum absolute atomic E-state index is 0.0914. The van der Waals surface area contributed by atoms with Crippen LogP contribution in [0.1, 0.15) is 66.7 Å². The molecule has 0 bridgehead atoms. The SMILES string of the molecule is COC(=O)C[C@@H]1CC(CO)CC(/C=C/C(C)=C/CC2OC(C)C(/C=C\C(C)OC(C)=O)CC2C)O1. The molecular formula is C28H44O7. The van der Waals surface area contributed by atoms with Crippen LogP contribution in [0, 0.1) is 17.8 Å². The number of carbonyl (C=O) groups excluding carboxylic acids is 2. The van der Waals surface area contributed by atoms with Crippen LogP contribution in [0.2, 0.25) is 0 Å². The van der Waals surface area contributed by atoms with Crippen molar-refractivity contribution in [3.05, 3.63) is 36.0 Å². The van der Waals surface area contributed by atoms with Gasteiger partial charge in [-0.3, -0.25) is 9.59 Å². The molecule has 7 unspecified atom stereocenters. The average Bonchev–Trinajstić information content (AvgIpc) is 2.81. The molecule has 2 aliphatic heterocycles. The smallest absolute Gasteiger partial charge is 0.308 e. The van der Waals surface area contributed by atoms with Crippen LogP contribution in [-0.2, 0) is 28.5 Å².